The summed E-state index contributed by atoms with van der Waals surface area (Å²) in [7, 11) is 2.98. The number of ether oxygens (including phenoxy) is 3. The van der Waals surface area contributed by atoms with Crippen molar-refractivity contribution in [1.29, 1.82) is 0 Å². The standard InChI is InChI=1S/C27H29NO5/c1-5-14-28-26(30)21-8-6-7-9-22(21)27(28,20-12-10-18(2)11-13-20)33-17-19-15-23(31-3)25(29)24(16-19)32-4/h6-13,15-16,29H,5,14,17H2,1-4H3. The molecule has 0 saturated carbocycles. The lowest BCUT2D eigenvalue weighted by Crippen LogP contribution is -2.47. The molecule has 3 aromatic carbocycles. The van der Waals surface area contributed by atoms with Crippen LogP contribution in [-0.4, -0.2) is 36.7 Å². The molecule has 4 rings (SSSR count). The van der Waals surface area contributed by atoms with Gasteiger partial charge in [0, 0.05) is 23.2 Å². The lowest BCUT2D eigenvalue weighted by Gasteiger charge is -2.39. The van der Waals surface area contributed by atoms with Crippen LogP contribution in [0.1, 0.15) is 46.0 Å². The first-order valence-electron chi connectivity index (χ1n) is 11.0. The smallest absolute Gasteiger partial charge is 0.257 e. The van der Waals surface area contributed by atoms with Crippen molar-refractivity contribution in [3.63, 3.8) is 0 Å². The van der Waals surface area contributed by atoms with E-state index in [1.807, 2.05) is 67.3 Å². The van der Waals surface area contributed by atoms with Gasteiger partial charge in [-0.1, -0.05) is 55.0 Å². The Bertz CT molecular complexity index is 1130. The average Bonchev–Trinajstić information content (AvgIpc) is 3.08. The number of aromatic hydroxyl groups is 1. The van der Waals surface area contributed by atoms with E-state index in [0.29, 0.717) is 23.6 Å². The van der Waals surface area contributed by atoms with Gasteiger partial charge in [-0.05, 0) is 37.1 Å². The third-order valence-electron chi connectivity index (χ3n) is 6.03. The molecule has 1 amide bonds. The van der Waals surface area contributed by atoms with Crippen LogP contribution in [-0.2, 0) is 17.1 Å². The van der Waals surface area contributed by atoms with Crippen molar-refractivity contribution in [3.05, 3.63) is 88.5 Å². The van der Waals surface area contributed by atoms with E-state index in [-0.39, 0.29) is 18.3 Å². The van der Waals surface area contributed by atoms with E-state index in [1.165, 1.54) is 14.2 Å². The lowest BCUT2D eigenvalue weighted by atomic mass is 9.92. The number of phenolic OH excluding ortho intramolecular Hbond substituents is 1. The maximum atomic E-state index is 13.5. The van der Waals surface area contributed by atoms with Gasteiger partial charge in [-0.3, -0.25) is 4.79 Å². The molecule has 1 N–H and O–H groups in total. The summed E-state index contributed by atoms with van der Waals surface area (Å²) in [5, 5.41) is 10.3. The maximum absolute atomic E-state index is 13.5. The Morgan fingerprint density at radius 3 is 2.21 bits per heavy atom. The van der Waals surface area contributed by atoms with Gasteiger partial charge in [0.25, 0.3) is 5.91 Å². The summed E-state index contributed by atoms with van der Waals surface area (Å²) in [5.74, 6) is 0.483. The van der Waals surface area contributed by atoms with Crippen LogP contribution in [0.2, 0.25) is 0 Å². The quantitative estimate of drug-likeness (QED) is 0.526. The molecule has 172 valence electrons. The molecule has 1 atom stereocenters. The van der Waals surface area contributed by atoms with Crippen molar-refractivity contribution in [2.24, 2.45) is 0 Å². The molecule has 0 aromatic heterocycles. The maximum Gasteiger partial charge on any atom is 0.257 e. The van der Waals surface area contributed by atoms with E-state index in [9.17, 15) is 9.90 Å². The SMILES string of the molecule is CCCN1C(=O)c2ccccc2C1(OCc1cc(OC)c(O)c(OC)c1)c1ccc(C)cc1. The second-order valence-corrected chi connectivity index (χ2v) is 8.15. The fourth-order valence-corrected chi connectivity index (χ4v) is 4.43. The number of rotatable bonds is 8. The number of phenols is 1. The number of carbonyl (C=O) groups is 1. The van der Waals surface area contributed by atoms with Crippen LogP contribution in [0.5, 0.6) is 17.2 Å². The molecule has 6 heteroatoms. The molecule has 6 nitrogen and oxygen atoms in total. The number of hydrogen-bond acceptors (Lipinski definition) is 5. The molecule has 0 saturated heterocycles. The zero-order valence-corrected chi connectivity index (χ0v) is 19.4. The van der Waals surface area contributed by atoms with Gasteiger partial charge in [-0.25, -0.2) is 0 Å². The van der Waals surface area contributed by atoms with Crippen LogP contribution in [0.15, 0.2) is 60.7 Å². The van der Waals surface area contributed by atoms with E-state index in [1.54, 1.807) is 12.1 Å². The van der Waals surface area contributed by atoms with Gasteiger partial charge in [0.15, 0.2) is 17.2 Å². The number of amides is 1. The molecular formula is C27H29NO5. The van der Waals surface area contributed by atoms with Crippen LogP contribution in [0, 0.1) is 6.92 Å². The lowest BCUT2D eigenvalue weighted by molar-refractivity contribution is -0.117. The van der Waals surface area contributed by atoms with Crippen molar-refractivity contribution in [3.8, 4) is 17.2 Å². The Balaban J connectivity index is 1.85. The number of hydrogen-bond donors (Lipinski definition) is 1. The molecule has 1 aliphatic rings. The number of carbonyl (C=O) groups excluding carboxylic acids is 1. The molecule has 0 aliphatic carbocycles. The topological polar surface area (TPSA) is 68.2 Å². The van der Waals surface area contributed by atoms with Crippen LogP contribution in [0.3, 0.4) is 0 Å². The molecule has 1 unspecified atom stereocenters. The van der Waals surface area contributed by atoms with Gasteiger partial charge in [-0.2, -0.15) is 0 Å². The van der Waals surface area contributed by atoms with E-state index in [0.717, 1.165) is 28.7 Å². The van der Waals surface area contributed by atoms with Crippen LogP contribution >= 0.6 is 0 Å². The van der Waals surface area contributed by atoms with Crippen molar-refractivity contribution < 1.29 is 24.1 Å². The summed E-state index contributed by atoms with van der Waals surface area (Å²) >= 11 is 0. The van der Waals surface area contributed by atoms with E-state index < -0.39 is 5.72 Å². The van der Waals surface area contributed by atoms with Crippen molar-refractivity contribution >= 4 is 5.91 Å². The highest BCUT2D eigenvalue weighted by Gasteiger charge is 2.51. The van der Waals surface area contributed by atoms with Gasteiger partial charge in [0.05, 0.1) is 20.8 Å². The summed E-state index contributed by atoms with van der Waals surface area (Å²) < 4.78 is 17.3. The van der Waals surface area contributed by atoms with Crippen molar-refractivity contribution in [1.82, 2.24) is 4.90 Å². The molecule has 0 spiro atoms. The molecule has 33 heavy (non-hydrogen) atoms. The second kappa shape index (κ2) is 9.16. The monoisotopic (exact) mass is 447 g/mol. The molecule has 3 aromatic rings. The van der Waals surface area contributed by atoms with E-state index >= 15 is 0 Å². The number of methoxy groups -OCH3 is 2. The minimum atomic E-state index is -1.07. The number of fused-ring (bicyclic) bond motifs is 1. The third kappa shape index (κ3) is 3.80. The Labute approximate surface area is 194 Å². The largest absolute Gasteiger partial charge is 0.502 e. The van der Waals surface area contributed by atoms with Crippen LogP contribution in [0.4, 0.5) is 0 Å². The minimum Gasteiger partial charge on any atom is -0.502 e. The Morgan fingerprint density at radius 1 is 0.970 bits per heavy atom. The third-order valence-corrected chi connectivity index (χ3v) is 6.03. The second-order valence-electron chi connectivity index (χ2n) is 8.15. The number of aryl methyl sites for hydroxylation is 1. The fourth-order valence-electron chi connectivity index (χ4n) is 4.43. The van der Waals surface area contributed by atoms with Gasteiger partial charge in [0.2, 0.25) is 5.75 Å². The minimum absolute atomic E-state index is 0.0473. The number of nitrogens with zero attached hydrogens (tertiary/aromatic N) is 1. The van der Waals surface area contributed by atoms with Gasteiger partial charge in [-0.15, -0.1) is 0 Å². The first kappa shape index (κ1) is 22.7. The Morgan fingerprint density at radius 2 is 1.61 bits per heavy atom. The van der Waals surface area contributed by atoms with Gasteiger partial charge in [0.1, 0.15) is 0 Å². The van der Waals surface area contributed by atoms with E-state index in [2.05, 4.69) is 0 Å². The highest BCUT2D eigenvalue weighted by atomic mass is 16.5. The number of benzene rings is 3. The molecule has 0 bridgehead atoms. The summed E-state index contributed by atoms with van der Waals surface area (Å²) in [5.41, 5.74) is 3.16. The van der Waals surface area contributed by atoms with Gasteiger partial charge >= 0.3 is 0 Å². The summed E-state index contributed by atoms with van der Waals surface area (Å²) in [6, 6.07) is 19.2. The normalized spacial score (nSPS) is 17.2. The average molecular weight is 448 g/mol. The molecule has 1 aliphatic heterocycles. The highest BCUT2D eigenvalue weighted by molar-refractivity contribution is 6.00. The molecular weight excluding hydrogens is 418 g/mol. The predicted molar refractivity (Wildman–Crippen MR) is 126 cm³/mol. The zero-order valence-electron chi connectivity index (χ0n) is 19.4. The van der Waals surface area contributed by atoms with Crippen molar-refractivity contribution in [2.75, 3.05) is 20.8 Å². The molecule has 0 radical (unpaired) electrons. The van der Waals surface area contributed by atoms with E-state index in [4.69, 9.17) is 14.2 Å². The Hall–Kier alpha value is -3.51. The first-order chi connectivity index (χ1) is 16.0. The Kier molecular flexibility index (Phi) is 6.29. The van der Waals surface area contributed by atoms with Crippen LogP contribution in [0.25, 0.3) is 0 Å². The molecule has 1 heterocycles. The predicted octanol–water partition coefficient (Wildman–Crippen LogP) is 5.00. The highest BCUT2D eigenvalue weighted by Crippen LogP contribution is 2.46. The summed E-state index contributed by atoms with van der Waals surface area (Å²) in [6.45, 7) is 4.79. The van der Waals surface area contributed by atoms with Gasteiger partial charge < -0.3 is 24.2 Å². The summed E-state index contributed by atoms with van der Waals surface area (Å²) in [6.07, 6.45) is 0.789. The molecule has 0 fully saturated rings. The first-order valence-corrected chi connectivity index (χ1v) is 11.0. The zero-order chi connectivity index (χ0) is 23.6. The summed E-state index contributed by atoms with van der Waals surface area (Å²) in [4.78, 5) is 15.3. The van der Waals surface area contributed by atoms with Crippen molar-refractivity contribution in [2.45, 2.75) is 32.6 Å². The fraction of sp³-hybridized carbons (Fsp3) is 0.296. The van der Waals surface area contributed by atoms with Crippen LogP contribution < -0.4 is 9.47 Å².